The lowest BCUT2D eigenvalue weighted by atomic mass is 10.2. The zero-order valence-electron chi connectivity index (χ0n) is 10.2. The van der Waals surface area contributed by atoms with Crippen LogP contribution in [0.3, 0.4) is 0 Å². The molecule has 0 saturated heterocycles. The van der Waals surface area contributed by atoms with Crippen LogP contribution in [0.4, 0.5) is 5.69 Å². The SMILES string of the molecule is Nc1cccc(-c2noc(-c3cc(Cl)cc(Cl)c3)n2)c1. The first-order valence-electron chi connectivity index (χ1n) is 5.78. The topological polar surface area (TPSA) is 64.9 Å². The van der Waals surface area contributed by atoms with Gasteiger partial charge in [0.05, 0.1) is 0 Å². The third-order valence-electron chi connectivity index (χ3n) is 2.68. The number of nitrogen functional groups attached to an aromatic ring is 1. The Morgan fingerprint density at radius 3 is 2.40 bits per heavy atom. The van der Waals surface area contributed by atoms with Gasteiger partial charge < -0.3 is 10.3 Å². The number of benzene rings is 2. The molecule has 0 aliphatic rings. The fourth-order valence-corrected chi connectivity index (χ4v) is 2.34. The van der Waals surface area contributed by atoms with Crippen LogP contribution in [0.15, 0.2) is 47.0 Å². The summed E-state index contributed by atoms with van der Waals surface area (Å²) in [6, 6.07) is 12.3. The largest absolute Gasteiger partial charge is 0.399 e. The molecule has 1 heterocycles. The number of rotatable bonds is 2. The van der Waals surface area contributed by atoms with E-state index in [1.165, 1.54) is 0 Å². The van der Waals surface area contributed by atoms with Gasteiger partial charge in [0.25, 0.3) is 5.89 Å². The van der Waals surface area contributed by atoms with E-state index < -0.39 is 0 Å². The van der Waals surface area contributed by atoms with Crippen LogP contribution in [0, 0.1) is 0 Å². The molecular weight excluding hydrogens is 297 g/mol. The van der Waals surface area contributed by atoms with Crippen LogP contribution >= 0.6 is 23.2 Å². The Kier molecular flexibility index (Phi) is 3.34. The van der Waals surface area contributed by atoms with Crippen molar-refractivity contribution in [1.29, 1.82) is 0 Å². The lowest BCUT2D eigenvalue weighted by Crippen LogP contribution is -1.86. The maximum absolute atomic E-state index is 5.95. The molecule has 3 aromatic rings. The van der Waals surface area contributed by atoms with Crippen LogP contribution in [0.5, 0.6) is 0 Å². The van der Waals surface area contributed by atoms with Gasteiger partial charge in [-0.25, -0.2) is 0 Å². The number of hydrogen-bond donors (Lipinski definition) is 1. The summed E-state index contributed by atoms with van der Waals surface area (Å²) in [5.41, 5.74) is 7.83. The summed E-state index contributed by atoms with van der Waals surface area (Å²) < 4.78 is 5.24. The molecule has 0 fully saturated rings. The van der Waals surface area contributed by atoms with Crippen molar-refractivity contribution < 1.29 is 4.52 Å². The van der Waals surface area contributed by atoms with Crippen molar-refractivity contribution in [2.24, 2.45) is 0 Å². The second-order valence-electron chi connectivity index (χ2n) is 4.21. The molecule has 0 unspecified atom stereocenters. The highest BCUT2D eigenvalue weighted by molar-refractivity contribution is 6.35. The van der Waals surface area contributed by atoms with E-state index in [4.69, 9.17) is 33.5 Å². The van der Waals surface area contributed by atoms with Gasteiger partial charge in [-0.15, -0.1) is 0 Å². The average Bonchev–Trinajstić information content (AvgIpc) is 2.87. The predicted molar refractivity (Wildman–Crippen MR) is 79.6 cm³/mol. The van der Waals surface area contributed by atoms with Crippen molar-refractivity contribution >= 4 is 28.9 Å². The van der Waals surface area contributed by atoms with Gasteiger partial charge in [0, 0.05) is 26.9 Å². The Bertz CT molecular complexity index is 750. The number of anilines is 1. The van der Waals surface area contributed by atoms with E-state index in [-0.39, 0.29) is 0 Å². The molecule has 3 rings (SSSR count). The highest BCUT2D eigenvalue weighted by atomic mass is 35.5. The van der Waals surface area contributed by atoms with Crippen molar-refractivity contribution in [2.75, 3.05) is 5.73 Å². The molecule has 4 nitrogen and oxygen atoms in total. The van der Waals surface area contributed by atoms with Gasteiger partial charge >= 0.3 is 0 Å². The van der Waals surface area contributed by atoms with Gasteiger partial charge in [0.15, 0.2) is 0 Å². The highest BCUT2D eigenvalue weighted by Gasteiger charge is 2.12. The smallest absolute Gasteiger partial charge is 0.258 e. The maximum Gasteiger partial charge on any atom is 0.258 e. The number of nitrogens with two attached hydrogens (primary N) is 1. The quantitative estimate of drug-likeness (QED) is 0.717. The molecule has 20 heavy (non-hydrogen) atoms. The first-order chi connectivity index (χ1) is 9.61. The first kappa shape index (κ1) is 13.0. The predicted octanol–water partition coefficient (Wildman–Crippen LogP) is 4.29. The van der Waals surface area contributed by atoms with Gasteiger partial charge in [-0.05, 0) is 30.3 Å². The molecule has 6 heteroatoms. The van der Waals surface area contributed by atoms with E-state index in [1.807, 2.05) is 12.1 Å². The number of hydrogen-bond acceptors (Lipinski definition) is 4. The van der Waals surface area contributed by atoms with Gasteiger partial charge in [-0.3, -0.25) is 0 Å². The normalized spacial score (nSPS) is 10.7. The standard InChI is InChI=1S/C14H9Cl2N3O/c15-10-4-9(5-11(16)7-10)14-18-13(19-20-14)8-2-1-3-12(17)6-8/h1-7H,17H2. The fraction of sp³-hybridized carbons (Fsp3) is 0. The lowest BCUT2D eigenvalue weighted by Gasteiger charge is -1.97. The minimum absolute atomic E-state index is 0.354. The first-order valence-corrected chi connectivity index (χ1v) is 6.53. The third-order valence-corrected chi connectivity index (χ3v) is 3.12. The van der Waals surface area contributed by atoms with Crippen molar-refractivity contribution in [3.8, 4) is 22.8 Å². The Morgan fingerprint density at radius 2 is 1.70 bits per heavy atom. The minimum Gasteiger partial charge on any atom is -0.399 e. The molecule has 0 aliphatic heterocycles. The summed E-state index contributed by atoms with van der Waals surface area (Å²) in [5, 5.41) is 4.96. The molecular formula is C14H9Cl2N3O. The summed E-state index contributed by atoms with van der Waals surface area (Å²) in [7, 11) is 0. The van der Waals surface area contributed by atoms with E-state index in [0.29, 0.717) is 33.0 Å². The second kappa shape index (κ2) is 5.15. The zero-order valence-corrected chi connectivity index (χ0v) is 11.7. The molecule has 2 N–H and O–H groups in total. The van der Waals surface area contributed by atoms with Crippen LogP contribution in [0.25, 0.3) is 22.8 Å². The monoisotopic (exact) mass is 305 g/mol. The summed E-state index contributed by atoms with van der Waals surface area (Å²) in [6.07, 6.45) is 0. The van der Waals surface area contributed by atoms with Crippen LogP contribution < -0.4 is 5.73 Å². The highest BCUT2D eigenvalue weighted by Crippen LogP contribution is 2.28. The molecule has 2 aromatic carbocycles. The average molecular weight is 306 g/mol. The molecule has 0 radical (unpaired) electrons. The van der Waals surface area contributed by atoms with Gasteiger partial charge in [0.1, 0.15) is 0 Å². The van der Waals surface area contributed by atoms with Crippen molar-refractivity contribution in [2.45, 2.75) is 0 Å². The molecule has 100 valence electrons. The number of aromatic nitrogens is 2. The van der Waals surface area contributed by atoms with Crippen LogP contribution in [-0.4, -0.2) is 10.1 Å². The van der Waals surface area contributed by atoms with Crippen LogP contribution in [0.2, 0.25) is 10.0 Å². The molecule has 0 bridgehead atoms. The van der Waals surface area contributed by atoms with Crippen LogP contribution in [-0.2, 0) is 0 Å². The minimum atomic E-state index is 0.354. The molecule has 0 atom stereocenters. The molecule has 0 aliphatic carbocycles. The Labute approximate surface area is 125 Å². The number of halogens is 2. The van der Waals surface area contributed by atoms with Crippen molar-refractivity contribution in [1.82, 2.24) is 10.1 Å². The van der Waals surface area contributed by atoms with Crippen molar-refractivity contribution in [3.05, 3.63) is 52.5 Å². The molecule has 0 saturated carbocycles. The molecule has 1 aromatic heterocycles. The van der Waals surface area contributed by atoms with Crippen molar-refractivity contribution in [3.63, 3.8) is 0 Å². The van der Waals surface area contributed by atoms with Crippen LogP contribution in [0.1, 0.15) is 0 Å². The van der Waals surface area contributed by atoms with E-state index in [9.17, 15) is 0 Å². The zero-order chi connectivity index (χ0) is 14.1. The molecule has 0 amide bonds. The van der Waals surface area contributed by atoms with E-state index in [1.54, 1.807) is 30.3 Å². The van der Waals surface area contributed by atoms with Gasteiger partial charge in [-0.1, -0.05) is 40.5 Å². The maximum atomic E-state index is 5.95. The number of nitrogens with zero attached hydrogens (tertiary/aromatic N) is 2. The summed E-state index contributed by atoms with van der Waals surface area (Å²) >= 11 is 11.9. The Morgan fingerprint density at radius 1 is 0.950 bits per heavy atom. The summed E-state index contributed by atoms with van der Waals surface area (Å²) in [6.45, 7) is 0. The molecule has 0 spiro atoms. The van der Waals surface area contributed by atoms with E-state index >= 15 is 0 Å². The van der Waals surface area contributed by atoms with Gasteiger partial charge in [0.2, 0.25) is 5.82 Å². The van der Waals surface area contributed by atoms with E-state index in [0.717, 1.165) is 5.56 Å². The lowest BCUT2D eigenvalue weighted by molar-refractivity contribution is 0.432. The Balaban J connectivity index is 2.02. The third kappa shape index (κ3) is 2.61. The summed E-state index contributed by atoms with van der Waals surface area (Å²) in [5.74, 6) is 0.815. The Hall–Kier alpha value is -2.04. The van der Waals surface area contributed by atoms with Gasteiger partial charge in [-0.2, -0.15) is 4.98 Å². The second-order valence-corrected chi connectivity index (χ2v) is 5.08. The van der Waals surface area contributed by atoms with E-state index in [2.05, 4.69) is 10.1 Å². The fourth-order valence-electron chi connectivity index (χ4n) is 1.81. The summed E-state index contributed by atoms with van der Waals surface area (Å²) in [4.78, 5) is 4.32.